The first-order valence-corrected chi connectivity index (χ1v) is 6.32. The molecule has 0 saturated heterocycles. The number of nitrogens with zero attached hydrogens (tertiary/aromatic N) is 1. The van der Waals surface area contributed by atoms with Crippen LogP contribution in [-0.4, -0.2) is 31.0 Å². The fourth-order valence-electron chi connectivity index (χ4n) is 1.91. The van der Waals surface area contributed by atoms with Crippen LogP contribution in [0.25, 0.3) is 0 Å². The molecule has 0 bridgehead atoms. The molecule has 1 heterocycles. The van der Waals surface area contributed by atoms with Crippen molar-refractivity contribution in [3.05, 3.63) is 59.7 Å². The van der Waals surface area contributed by atoms with E-state index >= 15 is 0 Å². The van der Waals surface area contributed by atoms with Gasteiger partial charge in [0, 0.05) is 11.8 Å². The Kier molecular flexibility index (Phi) is 5.92. The lowest BCUT2D eigenvalue weighted by atomic mass is 10.1. The summed E-state index contributed by atoms with van der Waals surface area (Å²) in [6.45, 7) is 1.73. The maximum atomic E-state index is 12.9. The summed E-state index contributed by atoms with van der Waals surface area (Å²) < 4.78 is 14.8. The largest absolute Gasteiger partial charge is 1.00 e. The third-order valence-electron chi connectivity index (χ3n) is 3.02. The van der Waals surface area contributed by atoms with E-state index in [-0.39, 0.29) is 24.0 Å². The minimum Gasteiger partial charge on any atom is -1.00 e. The molecule has 2 rings (SSSR count). The Balaban J connectivity index is 0.00000200. The summed E-state index contributed by atoms with van der Waals surface area (Å²) in [7, 11) is 4.15. The van der Waals surface area contributed by atoms with Crippen molar-refractivity contribution >= 4 is 5.78 Å². The molecule has 5 heteroatoms. The van der Waals surface area contributed by atoms with Gasteiger partial charge >= 0.3 is 0 Å². The molecule has 1 aromatic carbocycles. The lowest BCUT2D eigenvalue weighted by Crippen LogP contribution is -3.06. The zero-order chi connectivity index (χ0) is 13.8. The van der Waals surface area contributed by atoms with Crippen LogP contribution in [-0.2, 0) is 6.54 Å². The van der Waals surface area contributed by atoms with Crippen LogP contribution < -0.4 is 17.3 Å². The summed E-state index contributed by atoms with van der Waals surface area (Å²) in [6, 6.07) is 9.33. The Morgan fingerprint density at radius 1 is 1.20 bits per heavy atom. The molecular formula is C15H18ClFN2O. The lowest BCUT2D eigenvalue weighted by molar-refractivity contribution is -0.858. The molecule has 2 aromatic rings. The van der Waals surface area contributed by atoms with Crippen molar-refractivity contribution in [2.45, 2.75) is 6.54 Å². The molecular weight excluding hydrogens is 279 g/mol. The summed E-state index contributed by atoms with van der Waals surface area (Å²) in [5, 5.41) is 0. The molecule has 0 unspecified atom stereocenters. The molecule has 0 amide bonds. The fraction of sp³-hybridized carbons (Fsp3) is 0.267. The van der Waals surface area contributed by atoms with E-state index < -0.39 is 0 Å². The van der Waals surface area contributed by atoms with Gasteiger partial charge in [-0.1, -0.05) is 0 Å². The number of carbonyl (C=O) groups excluding carboxylic acids is 1. The molecule has 0 atom stereocenters. The van der Waals surface area contributed by atoms with Crippen LogP contribution in [0.2, 0.25) is 0 Å². The summed E-state index contributed by atoms with van der Waals surface area (Å²) in [6.07, 6.45) is 1.90. The fourth-order valence-corrected chi connectivity index (χ4v) is 1.91. The van der Waals surface area contributed by atoms with E-state index in [0.717, 1.165) is 13.1 Å². The molecule has 0 saturated carbocycles. The summed E-state index contributed by atoms with van der Waals surface area (Å²) in [5.41, 5.74) is 1.16. The van der Waals surface area contributed by atoms with Crippen LogP contribution >= 0.6 is 0 Å². The first kappa shape index (κ1) is 16.4. The van der Waals surface area contributed by atoms with Gasteiger partial charge < -0.3 is 21.9 Å². The number of nitrogens with one attached hydrogen (secondary N) is 1. The van der Waals surface area contributed by atoms with Gasteiger partial charge in [0.15, 0.2) is 0 Å². The van der Waals surface area contributed by atoms with Gasteiger partial charge in [-0.05, 0) is 36.4 Å². The number of hydrogen-bond acceptors (Lipinski definition) is 1. The molecule has 108 valence electrons. The Morgan fingerprint density at radius 3 is 2.45 bits per heavy atom. The van der Waals surface area contributed by atoms with Gasteiger partial charge in [0.05, 0.1) is 32.9 Å². The second kappa shape index (κ2) is 7.22. The second-order valence-corrected chi connectivity index (χ2v) is 4.88. The smallest absolute Gasteiger partial charge is 0.209 e. The number of halogens is 2. The first-order chi connectivity index (χ1) is 9.08. The van der Waals surface area contributed by atoms with Crippen LogP contribution in [0.15, 0.2) is 42.6 Å². The molecule has 3 nitrogen and oxygen atoms in total. The molecule has 1 N–H and O–H groups in total. The standard InChI is InChI=1S/C15H17FN2O.ClH/c1-17(2)10-11-18-9-3-4-14(18)15(19)12-5-7-13(16)8-6-12;/h3-9H,10-11H2,1-2H3;1H. The highest BCUT2D eigenvalue weighted by molar-refractivity contribution is 6.07. The maximum Gasteiger partial charge on any atom is 0.209 e. The third-order valence-corrected chi connectivity index (χ3v) is 3.02. The van der Waals surface area contributed by atoms with Gasteiger partial charge in [-0.2, -0.15) is 0 Å². The summed E-state index contributed by atoms with van der Waals surface area (Å²) in [4.78, 5) is 13.7. The number of hydrogen-bond donors (Lipinski definition) is 1. The summed E-state index contributed by atoms with van der Waals surface area (Å²) in [5.74, 6) is -0.401. The van der Waals surface area contributed by atoms with Gasteiger partial charge in [0.2, 0.25) is 5.78 Å². The highest BCUT2D eigenvalue weighted by Crippen LogP contribution is 2.11. The van der Waals surface area contributed by atoms with Crippen molar-refractivity contribution < 1.29 is 26.5 Å². The second-order valence-electron chi connectivity index (χ2n) is 4.88. The number of benzene rings is 1. The molecule has 0 spiro atoms. The number of carbonyl (C=O) groups is 1. The Bertz CT molecular complexity index is 564. The monoisotopic (exact) mass is 296 g/mol. The molecule has 0 aliphatic carbocycles. The number of rotatable bonds is 5. The van der Waals surface area contributed by atoms with Crippen molar-refractivity contribution in [1.82, 2.24) is 4.57 Å². The molecule has 0 aliphatic heterocycles. The predicted octanol–water partition coefficient (Wildman–Crippen LogP) is -1.99. The van der Waals surface area contributed by atoms with Crippen LogP contribution in [0.4, 0.5) is 4.39 Å². The van der Waals surface area contributed by atoms with Crippen LogP contribution in [0, 0.1) is 5.82 Å². The molecule has 0 fully saturated rings. The van der Waals surface area contributed by atoms with Crippen LogP contribution in [0.3, 0.4) is 0 Å². The van der Waals surface area contributed by atoms with E-state index in [2.05, 4.69) is 14.1 Å². The SMILES string of the molecule is C[NH+](C)CCn1cccc1C(=O)c1ccc(F)cc1.[Cl-]. The van der Waals surface area contributed by atoms with Crippen molar-refractivity contribution in [3.8, 4) is 0 Å². The van der Waals surface area contributed by atoms with E-state index in [4.69, 9.17) is 0 Å². The average molecular weight is 297 g/mol. The van der Waals surface area contributed by atoms with E-state index in [0.29, 0.717) is 11.3 Å². The number of quaternary nitrogens is 1. The highest BCUT2D eigenvalue weighted by atomic mass is 35.5. The van der Waals surface area contributed by atoms with Gasteiger partial charge in [-0.25, -0.2) is 4.39 Å². The zero-order valence-corrected chi connectivity index (χ0v) is 12.3. The minimum atomic E-state index is -0.330. The van der Waals surface area contributed by atoms with Crippen molar-refractivity contribution in [2.75, 3.05) is 20.6 Å². The van der Waals surface area contributed by atoms with Crippen LogP contribution in [0.1, 0.15) is 16.1 Å². The third kappa shape index (κ3) is 3.92. The van der Waals surface area contributed by atoms with E-state index in [1.165, 1.54) is 29.2 Å². The molecule has 0 aliphatic rings. The minimum absolute atomic E-state index is 0. The number of likely N-dealkylation sites (N-methyl/N-ethyl adjacent to an activating group) is 1. The topological polar surface area (TPSA) is 26.4 Å². The van der Waals surface area contributed by atoms with Gasteiger partial charge in [-0.3, -0.25) is 4.79 Å². The lowest BCUT2D eigenvalue weighted by Gasteiger charge is -2.11. The Hall–Kier alpha value is -1.65. The summed E-state index contributed by atoms with van der Waals surface area (Å²) >= 11 is 0. The van der Waals surface area contributed by atoms with Crippen molar-refractivity contribution in [2.24, 2.45) is 0 Å². The molecule has 0 radical (unpaired) electrons. The molecule has 1 aromatic heterocycles. The number of aromatic nitrogens is 1. The van der Waals surface area contributed by atoms with Gasteiger partial charge in [-0.15, -0.1) is 0 Å². The highest BCUT2D eigenvalue weighted by Gasteiger charge is 2.13. The molecule has 20 heavy (non-hydrogen) atoms. The van der Waals surface area contributed by atoms with E-state index in [1.54, 1.807) is 6.07 Å². The average Bonchev–Trinajstić information content (AvgIpc) is 2.84. The van der Waals surface area contributed by atoms with Gasteiger partial charge in [0.25, 0.3) is 0 Å². The van der Waals surface area contributed by atoms with E-state index in [1.807, 2.05) is 16.8 Å². The van der Waals surface area contributed by atoms with Crippen molar-refractivity contribution in [1.29, 1.82) is 0 Å². The maximum absolute atomic E-state index is 12.9. The zero-order valence-electron chi connectivity index (χ0n) is 11.6. The van der Waals surface area contributed by atoms with Crippen LogP contribution in [0.5, 0.6) is 0 Å². The quantitative estimate of drug-likeness (QED) is 0.635. The Morgan fingerprint density at radius 2 is 1.85 bits per heavy atom. The number of ketones is 1. The Labute approximate surface area is 124 Å². The normalized spacial score (nSPS) is 10.4. The van der Waals surface area contributed by atoms with Crippen molar-refractivity contribution in [3.63, 3.8) is 0 Å². The van der Waals surface area contributed by atoms with E-state index in [9.17, 15) is 9.18 Å². The van der Waals surface area contributed by atoms with Gasteiger partial charge in [0.1, 0.15) is 5.82 Å². The predicted molar refractivity (Wildman–Crippen MR) is 71.9 cm³/mol. The first-order valence-electron chi connectivity index (χ1n) is 6.32.